The summed E-state index contributed by atoms with van der Waals surface area (Å²) in [6, 6.07) is 11.4. The first-order chi connectivity index (χ1) is 11.5. The van der Waals surface area contributed by atoms with Crippen molar-refractivity contribution in [1.82, 2.24) is 0 Å². The van der Waals surface area contributed by atoms with Crippen LogP contribution in [0.25, 0.3) is 0 Å². The Kier molecular flexibility index (Phi) is 4.80. The maximum absolute atomic E-state index is 14.2. The van der Waals surface area contributed by atoms with Crippen LogP contribution in [0.1, 0.15) is 6.92 Å². The van der Waals surface area contributed by atoms with Gasteiger partial charge in [0.1, 0.15) is 11.6 Å². The highest BCUT2D eigenvalue weighted by atomic mass is 32.2. The smallest absolute Gasteiger partial charge is 0.307 e. The quantitative estimate of drug-likeness (QED) is 0.870. The zero-order chi connectivity index (χ0) is 17.1. The molecule has 2 amide bonds. The number of aliphatic imine (C=N–C) groups is 1. The molecule has 0 saturated carbocycles. The molecule has 1 heterocycles. The monoisotopic (exact) mass is 347 g/mol. The van der Waals surface area contributed by atoms with Gasteiger partial charge >= 0.3 is 6.03 Å². The van der Waals surface area contributed by atoms with Crippen LogP contribution in [0.4, 0.5) is 25.0 Å². The van der Waals surface area contributed by atoms with Gasteiger partial charge in [0.2, 0.25) is 0 Å². The predicted molar refractivity (Wildman–Crippen MR) is 93.7 cm³/mol. The Hall–Kier alpha value is -2.41. The van der Waals surface area contributed by atoms with Gasteiger partial charge < -0.3 is 5.32 Å². The number of hydrogen-bond donors (Lipinski definition) is 1. The summed E-state index contributed by atoms with van der Waals surface area (Å²) in [6.07, 6.45) is 0. The maximum atomic E-state index is 14.2. The Morgan fingerprint density at radius 2 is 2.00 bits per heavy atom. The van der Waals surface area contributed by atoms with E-state index in [0.717, 1.165) is 17.0 Å². The number of nitrogens with zero attached hydrogens (tertiary/aromatic N) is 2. The Labute approximate surface area is 142 Å². The summed E-state index contributed by atoms with van der Waals surface area (Å²) >= 11 is 1.37. The van der Waals surface area contributed by atoms with Crippen LogP contribution in [0.3, 0.4) is 0 Å². The van der Waals surface area contributed by atoms with Gasteiger partial charge in [0.25, 0.3) is 0 Å². The number of nitrogens with one attached hydrogen (secondary N) is 1. The van der Waals surface area contributed by atoms with Crippen molar-refractivity contribution in [3.8, 4) is 0 Å². The summed E-state index contributed by atoms with van der Waals surface area (Å²) in [5.74, 6) is -1.52. The fourth-order valence-electron chi connectivity index (χ4n) is 2.25. The van der Waals surface area contributed by atoms with Gasteiger partial charge in [-0.2, -0.15) is 0 Å². The molecular formula is C17H15F2N3OS. The number of amidine groups is 1. The molecule has 0 aliphatic carbocycles. The number of thioether (sulfide) groups is 1. The van der Waals surface area contributed by atoms with Crippen molar-refractivity contribution in [3.63, 3.8) is 0 Å². The third-order valence-electron chi connectivity index (χ3n) is 3.36. The Bertz CT molecular complexity index is 783. The minimum atomic E-state index is -0.818. The van der Waals surface area contributed by atoms with Crippen molar-refractivity contribution < 1.29 is 13.6 Å². The molecule has 4 nitrogen and oxygen atoms in total. The first kappa shape index (κ1) is 16.4. The molecule has 0 aromatic heterocycles. The van der Waals surface area contributed by atoms with Gasteiger partial charge in [-0.1, -0.05) is 36.9 Å². The number of carbonyl (C=O) groups is 1. The van der Waals surface area contributed by atoms with Crippen LogP contribution in [-0.2, 0) is 0 Å². The molecule has 3 rings (SSSR count). The third-order valence-corrected chi connectivity index (χ3v) is 4.43. The molecule has 1 aliphatic rings. The number of amides is 2. The van der Waals surface area contributed by atoms with Gasteiger partial charge in [-0.15, -0.1) is 0 Å². The van der Waals surface area contributed by atoms with Crippen molar-refractivity contribution in [2.24, 2.45) is 4.99 Å². The number of carbonyl (C=O) groups excluding carboxylic acids is 1. The van der Waals surface area contributed by atoms with Crippen LogP contribution in [0.15, 0.2) is 53.5 Å². The molecule has 1 aliphatic heterocycles. The van der Waals surface area contributed by atoms with Gasteiger partial charge in [0.15, 0.2) is 5.17 Å². The molecule has 7 heteroatoms. The Balaban J connectivity index is 1.94. The minimum Gasteiger partial charge on any atom is -0.307 e. The molecule has 0 fully saturated rings. The number of para-hydroxylation sites is 1. The summed E-state index contributed by atoms with van der Waals surface area (Å²) in [5, 5.41) is 3.29. The largest absolute Gasteiger partial charge is 0.332 e. The Morgan fingerprint density at radius 1 is 1.25 bits per heavy atom. The summed E-state index contributed by atoms with van der Waals surface area (Å²) in [6.45, 7) is 2.51. The molecule has 2 aromatic carbocycles. The average Bonchev–Trinajstić information content (AvgIpc) is 2.97. The molecule has 0 spiro atoms. The number of urea groups is 1. The van der Waals surface area contributed by atoms with E-state index in [1.165, 1.54) is 17.8 Å². The lowest BCUT2D eigenvalue weighted by atomic mass is 10.2. The lowest BCUT2D eigenvalue weighted by Gasteiger charge is -2.23. The topological polar surface area (TPSA) is 44.7 Å². The van der Waals surface area contributed by atoms with Gasteiger partial charge in [-0.05, 0) is 24.3 Å². The van der Waals surface area contributed by atoms with E-state index in [0.29, 0.717) is 17.4 Å². The second-order valence-corrected chi connectivity index (χ2v) is 6.68. The van der Waals surface area contributed by atoms with Crippen molar-refractivity contribution in [1.29, 1.82) is 0 Å². The SMILES string of the molecule is CC1CN=C(N(C(=O)Nc2ccccc2)c2ccc(F)cc2F)S1. The summed E-state index contributed by atoms with van der Waals surface area (Å²) in [7, 11) is 0. The summed E-state index contributed by atoms with van der Waals surface area (Å²) < 4.78 is 27.4. The third kappa shape index (κ3) is 3.56. The number of rotatable bonds is 2. The lowest BCUT2D eigenvalue weighted by Crippen LogP contribution is -2.39. The van der Waals surface area contributed by atoms with Crippen LogP contribution in [-0.4, -0.2) is 23.0 Å². The van der Waals surface area contributed by atoms with Crippen LogP contribution in [0, 0.1) is 11.6 Å². The molecule has 0 radical (unpaired) electrons. The van der Waals surface area contributed by atoms with E-state index < -0.39 is 17.7 Å². The van der Waals surface area contributed by atoms with Crippen molar-refractivity contribution in [2.75, 3.05) is 16.8 Å². The minimum absolute atomic E-state index is 0.0369. The molecule has 0 bridgehead atoms. The second-order valence-electron chi connectivity index (χ2n) is 5.28. The number of benzene rings is 2. The number of halogens is 2. The first-order valence-corrected chi connectivity index (χ1v) is 8.25. The van der Waals surface area contributed by atoms with Crippen LogP contribution in [0.2, 0.25) is 0 Å². The highest BCUT2D eigenvalue weighted by Crippen LogP contribution is 2.30. The molecule has 24 heavy (non-hydrogen) atoms. The normalized spacial score (nSPS) is 16.6. The van der Waals surface area contributed by atoms with Crippen molar-refractivity contribution in [2.45, 2.75) is 12.2 Å². The van der Waals surface area contributed by atoms with E-state index >= 15 is 0 Å². The fourth-order valence-corrected chi connectivity index (χ4v) is 3.19. The highest BCUT2D eigenvalue weighted by Gasteiger charge is 2.29. The van der Waals surface area contributed by atoms with E-state index in [-0.39, 0.29) is 10.9 Å². The summed E-state index contributed by atoms with van der Waals surface area (Å²) in [4.78, 5) is 18.2. The van der Waals surface area contributed by atoms with Crippen molar-refractivity contribution in [3.05, 3.63) is 60.2 Å². The molecule has 124 valence electrons. The van der Waals surface area contributed by atoms with Crippen LogP contribution >= 0.6 is 11.8 Å². The van der Waals surface area contributed by atoms with Crippen molar-refractivity contribution >= 4 is 34.3 Å². The van der Waals surface area contributed by atoms with Crippen LogP contribution in [0.5, 0.6) is 0 Å². The molecule has 2 aromatic rings. The average molecular weight is 347 g/mol. The predicted octanol–water partition coefficient (Wildman–Crippen LogP) is 4.49. The van der Waals surface area contributed by atoms with E-state index in [1.54, 1.807) is 24.3 Å². The molecule has 1 unspecified atom stereocenters. The van der Waals surface area contributed by atoms with Crippen LogP contribution < -0.4 is 10.2 Å². The zero-order valence-corrected chi connectivity index (χ0v) is 13.7. The zero-order valence-electron chi connectivity index (χ0n) is 12.9. The summed E-state index contributed by atoms with van der Waals surface area (Å²) in [5.41, 5.74) is 0.539. The molecule has 1 N–H and O–H groups in total. The number of hydrogen-bond acceptors (Lipinski definition) is 3. The second kappa shape index (κ2) is 7.00. The fraction of sp³-hybridized carbons (Fsp3) is 0.176. The molecular weight excluding hydrogens is 332 g/mol. The van der Waals surface area contributed by atoms with Gasteiger partial charge in [-0.3, -0.25) is 4.99 Å². The molecule has 0 saturated heterocycles. The maximum Gasteiger partial charge on any atom is 0.332 e. The van der Waals surface area contributed by atoms with E-state index in [9.17, 15) is 13.6 Å². The molecule has 1 atom stereocenters. The van der Waals surface area contributed by atoms with Gasteiger partial charge in [0, 0.05) is 17.0 Å². The van der Waals surface area contributed by atoms with E-state index in [2.05, 4.69) is 10.3 Å². The number of anilines is 2. The van der Waals surface area contributed by atoms with Gasteiger partial charge in [-0.25, -0.2) is 18.5 Å². The van der Waals surface area contributed by atoms with E-state index in [1.807, 2.05) is 13.0 Å². The van der Waals surface area contributed by atoms with Gasteiger partial charge in [0.05, 0.1) is 12.2 Å². The van der Waals surface area contributed by atoms with E-state index in [4.69, 9.17) is 0 Å². The highest BCUT2D eigenvalue weighted by molar-refractivity contribution is 8.15. The lowest BCUT2D eigenvalue weighted by molar-refractivity contribution is 0.259. The standard InChI is InChI=1S/C17H15F2N3OS/c1-11-10-20-17(24-11)22(15-8-7-12(18)9-14(15)19)16(23)21-13-5-3-2-4-6-13/h2-9,11H,10H2,1H3,(H,21,23). The Morgan fingerprint density at radius 3 is 2.62 bits per heavy atom. The first-order valence-electron chi connectivity index (χ1n) is 7.37.